The minimum Gasteiger partial charge on any atom is -0.459 e. The van der Waals surface area contributed by atoms with E-state index in [9.17, 15) is 43.5 Å². The number of hydrogen-bond acceptors (Lipinski definition) is 16. The van der Waals surface area contributed by atoms with Crippen molar-refractivity contribution in [3.8, 4) is 0 Å². The average molecular weight is 918 g/mol. The predicted molar refractivity (Wildman–Crippen MR) is 232 cm³/mol. The first-order chi connectivity index (χ1) is 29.1. The number of likely N-dealkylation sites (N-methyl/N-ethyl adjacent to an activating group) is 1. The Bertz CT molecular complexity index is 1790. The zero-order valence-corrected chi connectivity index (χ0v) is 40.0. The lowest BCUT2D eigenvalue weighted by Gasteiger charge is -2.48. The molecular formula is C44H75N3O15S. The molecule has 7 N–H and O–H groups in total. The molecule has 0 radical (unpaired) electrons. The fourth-order valence-corrected chi connectivity index (χ4v) is 10.8. The second kappa shape index (κ2) is 21.1. The summed E-state index contributed by atoms with van der Waals surface area (Å²) in [7, 11) is -0.974. The van der Waals surface area contributed by atoms with E-state index in [0.717, 1.165) is 0 Å². The van der Waals surface area contributed by atoms with E-state index in [-0.39, 0.29) is 42.4 Å². The first-order valence-electron chi connectivity index (χ1n) is 22.0. The highest BCUT2D eigenvalue weighted by atomic mass is 32.2. The molecule has 1 aromatic rings. The lowest BCUT2D eigenvalue weighted by Crippen LogP contribution is -2.61. The van der Waals surface area contributed by atoms with E-state index in [1.165, 1.54) is 45.2 Å². The molecule has 3 fully saturated rings. The molecule has 0 saturated carbocycles. The van der Waals surface area contributed by atoms with Crippen LogP contribution < -0.4 is 10.0 Å². The number of nitrogens with zero attached hydrogens (tertiary/aromatic N) is 1. The number of esters is 1. The van der Waals surface area contributed by atoms with Crippen LogP contribution in [-0.2, 0) is 48.0 Å². The van der Waals surface area contributed by atoms with Crippen LogP contribution in [0.1, 0.15) is 102 Å². The summed E-state index contributed by atoms with van der Waals surface area (Å²) in [4.78, 5) is 27.6. The van der Waals surface area contributed by atoms with Gasteiger partial charge in [-0.25, -0.2) is 13.1 Å². The van der Waals surface area contributed by atoms with E-state index in [0.29, 0.717) is 12.2 Å². The van der Waals surface area contributed by atoms with Crippen molar-refractivity contribution in [2.45, 2.75) is 197 Å². The maximum Gasteiger partial charge on any atom is 0.311 e. The summed E-state index contributed by atoms with van der Waals surface area (Å²) in [5, 5.41) is 61.5. The number of carbonyl (C=O) groups is 2. The molecule has 4 rings (SSSR count). The fraction of sp³-hybridized carbons (Fsp3) is 0.818. The summed E-state index contributed by atoms with van der Waals surface area (Å²) < 4.78 is 67.4. The minimum absolute atomic E-state index is 0.0431. The summed E-state index contributed by atoms with van der Waals surface area (Å²) >= 11 is 0. The van der Waals surface area contributed by atoms with Crippen LogP contribution in [0.3, 0.4) is 0 Å². The number of hydrogen-bond donors (Lipinski definition) is 7. The zero-order chi connectivity index (χ0) is 47.6. The predicted octanol–water partition coefficient (Wildman–Crippen LogP) is 2.28. The van der Waals surface area contributed by atoms with Gasteiger partial charge in [-0.1, -0.05) is 20.8 Å². The molecule has 2 unspecified atom stereocenters. The second-order valence-electron chi connectivity index (χ2n) is 19.1. The quantitative estimate of drug-likeness (QED) is 0.166. The van der Waals surface area contributed by atoms with Gasteiger partial charge in [0.05, 0.1) is 52.5 Å². The summed E-state index contributed by atoms with van der Waals surface area (Å²) in [6, 6.07) is 3.81. The van der Waals surface area contributed by atoms with E-state index >= 15 is 0 Å². The number of sulfonamides is 1. The average Bonchev–Trinajstić information content (AvgIpc) is 3.19. The number of rotatable bonds is 10. The molecule has 1 amide bonds. The van der Waals surface area contributed by atoms with Crippen molar-refractivity contribution < 1.29 is 72.0 Å². The number of nitrogens with one attached hydrogen (secondary N) is 2. The molecule has 0 bridgehead atoms. The molecule has 362 valence electrons. The van der Waals surface area contributed by atoms with Crippen LogP contribution in [0.2, 0.25) is 0 Å². The molecular weight excluding hydrogens is 843 g/mol. The van der Waals surface area contributed by atoms with E-state index in [4.69, 9.17) is 28.4 Å². The molecule has 0 aromatic heterocycles. The highest BCUT2D eigenvalue weighted by Crippen LogP contribution is 2.40. The van der Waals surface area contributed by atoms with Crippen molar-refractivity contribution in [2.24, 2.45) is 17.8 Å². The number of cyclic esters (lactones) is 1. The zero-order valence-electron chi connectivity index (χ0n) is 39.2. The Morgan fingerprint density at radius 2 is 1.57 bits per heavy atom. The number of amides is 1. The maximum absolute atomic E-state index is 14.4. The normalized spacial score (nSPS) is 43.0. The lowest BCUT2D eigenvalue weighted by atomic mass is 9.77. The van der Waals surface area contributed by atoms with Crippen LogP contribution in [0.15, 0.2) is 29.2 Å². The largest absolute Gasteiger partial charge is 0.459 e. The van der Waals surface area contributed by atoms with Crippen LogP contribution in [0.5, 0.6) is 0 Å². The summed E-state index contributed by atoms with van der Waals surface area (Å²) in [5.41, 5.74) is -4.34. The molecule has 18 nitrogen and oxygen atoms in total. The first-order valence-corrected chi connectivity index (χ1v) is 23.5. The Balaban J connectivity index is 1.78. The number of benzene rings is 1. The van der Waals surface area contributed by atoms with Gasteiger partial charge in [-0.2, -0.15) is 0 Å². The van der Waals surface area contributed by atoms with Crippen LogP contribution in [0, 0.1) is 17.8 Å². The van der Waals surface area contributed by atoms with Gasteiger partial charge in [-0.05, 0) is 105 Å². The Kier molecular flexibility index (Phi) is 17.8. The third-order valence-electron chi connectivity index (χ3n) is 13.4. The standard InChI is InChI=1S/C44H75N3O15S/c1-14-33-44(11,54)37(50)27(6)47(12)22-23(2)20-42(9,53)39(25(4)36(26(5)40(52)60-33)61-34-21-43(10,57-13)38(51)28(7)59-34)62-41-35(49)32(19-24(3)58-41)46-63(55,56)31-17-15-30(16-18-31)45-29(8)48/h15-18,23-28,32-39,41,46,49-51,53-54H,14,19-22H2,1-13H3,(H,45,48)/t23-,24-,25+,26-,27-,28+,32+,33-,34+,35-,36+,37-,38+,39?,41?,42-,43-,44-/m1/s1. The molecule has 63 heavy (non-hydrogen) atoms. The van der Waals surface area contributed by atoms with E-state index in [1.54, 1.807) is 62.4 Å². The van der Waals surface area contributed by atoms with Gasteiger partial charge in [-0.3, -0.25) is 9.59 Å². The monoisotopic (exact) mass is 917 g/mol. The number of ether oxygens (including phenoxy) is 6. The van der Waals surface area contributed by atoms with Gasteiger partial charge >= 0.3 is 5.97 Å². The van der Waals surface area contributed by atoms with Gasteiger partial charge in [0, 0.05) is 44.6 Å². The smallest absolute Gasteiger partial charge is 0.311 e. The van der Waals surface area contributed by atoms with Crippen LogP contribution >= 0.6 is 0 Å². The Hall–Kier alpha value is -2.37. The molecule has 3 heterocycles. The summed E-state index contributed by atoms with van der Waals surface area (Å²) in [6.45, 7) is 18.4. The molecule has 18 atom stereocenters. The van der Waals surface area contributed by atoms with Gasteiger partial charge in [0.15, 0.2) is 12.6 Å². The Morgan fingerprint density at radius 3 is 2.14 bits per heavy atom. The molecule has 3 aliphatic heterocycles. The Morgan fingerprint density at radius 1 is 0.952 bits per heavy atom. The van der Waals surface area contributed by atoms with E-state index in [2.05, 4.69) is 10.0 Å². The third-order valence-corrected chi connectivity index (χ3v) is 14.9. The molecule has 3 aliphatic rings. The second-order valence-corrected chi connectivity index (χ2v) is 20.8. The van der Waals surface area contributed by atoms with Crippen molar-refractivity contribution in [2.75, 3.05) is 26.0 Å². The molecule has 0 spiro atoms. The number of aliphatic hydroxyl groups excluding tert-OH is 3. The van der Waals surface area contributed by atoms with Crippen molar-refractivity contribution in [3.05, 3.63) is 24.3 Å². The van der Waals surface area contributed by atoms with Gasteiger partial charge < -0.3 is 64.2 Å². The molecule has 0 aliphatic carbocycles. The maximum atomic E-state index is 14.4. The lowest BCUT2D eigenvalue weighted by molar-refractivity contribution is -0.315. The van der Waals surface area contributed by atoms with Crippen LogP contribution in [-0.4, -0.2) is 162 Å². The third kappa shape index (κ3) is 12.5. The number of anilines is 1. The van der Waals surface area contributed by atoms with Crippen molar-refractivity contribution >= 4 is 27.6 Å². The Labute approximate surface area is 373 Å². The van der Waals surface area contributed by atoms with Crippen LogP contribution in [0.4, 0.5) is 5.69 Å². The SMILES string of the molecule is CC[C@H]1OC(=O)[C@H](C)[C@@H](O[C@H]2C[C@@](C)(OC)[C@@H](O)[C@H](C)O2)[C@H](C)C(OC2O[C@H](C)C[C@H](NS(=O)(=O)c3ccc(NC(C)=O)cc3)[C@H]2O)[C@](C)(O)C[C@@H](C)CN(C)[C@H](C)[C@@H](O)[C@]1(C)O. The minimum atomic E-state index is -4.22. The van der Waals surface area contributed by atoms with Crippen molar-refractivity contribution in [3.63, 3.8) is 0 Å². The van der Waals surface area contributed by atoms with Crippen LogP contribution in [0.25, 0.3) is 0 Å². The number of methoxy groups -OCH3 is 1. The number of carbonyl (C=O) groups excluding carboxylic acids is 2. The molecule has 19 heteroatoms. The highest BCUT2D eigenvalue weighted by molar-refractivity contribution is 7.89. The van der Waals surface area contributed by atoms with Gasteiger partial charge in [0.1, 0.15) is 30.0 Å². The van der Waals surface area contributed by atoms with E-state index < -0.39 is 118 Å². The van der Waals surface area contributed by atoms with Gasteiger partial charge in [0.25, 0.3) is 0 Å². The fourth-order valence-electron chi connectivity index (χ4n) is 9.55. The van der Waals surface area contributed by atoms with Gasteiger partial charge in [0.2, 0.25) is 15.9 Å². The first kappa shape index (κ1) is 53.2. The summed E-state index contributed by atoms with van der Waals surface area (Å²) in [5.74, 6) is -3.46. The van der Waals surface area contributed by atoms with Gasteiger partial charge in [-0.15, -0.1) is 0 Å². The van der Waals surface area contributed by atoms with Crippen molar-refractivity contribution in [1.29, 1.82) is 0 Å². The summed E-state index contributed by atoms with van der Waals surface area (Å²) in [6.07, 6.45) is -11.2. The van der Waals surface area contributed by atoms with E-state index in [1.807, 2.05) is 11.8 Å². The highest BCUT2D eigenvalue weighted by Gasteiger charge is 2.53. The topological polar surface area (TPSA) is 252 Å². The molecule has 1 aromatic carbocycles. The number of aliphatic hydroxyl groups is 5. The van der Waals surface area contributed by atoms with Crippen molar-refractivity contribution in [1.82, 2.24) is 9.62 Å². The molecule has 3 saturated heterocycles.